The molecule has 0 fully saturated rings. The van der Waals surface area contributed by atoms with Gasteiger partial charge in [0.1, 0.15) is 0 Å². The third-order valence-electron chi connectivity index (χ3n) is 5.10. The lowest BCUT2D eigenvalue weighted by Gasteiger charge is -2.22. The topological polar surface area (TPSA) is 74.6 Å². The minimum absolute atomic E-state index is 0.0881. The lowest BCUT2D eigenvalue weighted by molar-refractivity contribution is -0.140. The van der Waals surface area contributed by atoms with Crippen molar-refractivity contribution in [1.82, 2.24) is 0 Å². The van der Waals surface area contributed by atoms with Gasteiger partial charge in [-0.15, -0.1) is 0 Å². The minimum Gasteiger partial charge on any atom is -0.481 e. The molecule has 4 nitrogen and oxygen atoms in total. The first-order valence-electron chi connectivity index (χ1n) is 10.1. The predicted octanol–water partition coefficient (Wildman–Crippen LogP) is 6.14. The Morgan fingerprint density at radius 2 is 1.24 bits per heavy atom. The molecular formula is C21H40O4. The normalized spacial score (nSPS) is 14.2. The van der Waals surface area contributed by atoms with Crippen molar-refractivity contribution < 1.29 is 19.8 Å². The number of carboxylic acid groups (broad SMARTS) is 2. The van der Waals surface area contributed by atoms with E-state index in [1.807, 2.05) is 20.8 Å². The Balaban J connectivity index is 3.54. The molecule has 4 heteroatoms. The van der Waals surface area contributed by atoms with E-state index in [0.29, 0.717) is 12.3 Å². The number of carboxylic acids is 2. The number of unbranched alkanes of at least 4 members (excludes halogenated alkanes) is 4. The highest BCUT2D eigenvalue weighted by atomic mass is 16.4. The Hall–Kier alpha value is -1.06. The fraction of sp³-hybridized carbons (Fsp3) is 0.905. The zero-order chi connectivity index (χ0) is 19.3. The van der Waals surface area contributed by atoms with Crippen LogP contribution in [0.4, 0.5) is 0 Å². The third-order valence-corrected chi connectivity index (χ3v) is 5.10. The maximum atomic E-state index is 10.8. The summed E-state index contributed by atoms with van der Waals surface area (Å²) in [5, 5.41) is 17.6. The monoisotopic (exact) mass is 356 g/mol. The molecule has 2 unspecified atom stereocenters. The molecule has 0 aliphatic rings. The fourth-order valence-corrected chi connectivity index (χ4v) is 3.48. The van der Waals surface area contributed by atoms with Gasteiger partial charge in [0, 0.05) is 6.42 Å². The summed E-state index contributed by atoms with van der Waals surface area (Å²) in [5.41, 5.74) is -0.0881. The van der Waals surface area contributed by atoms with Gasteiger partial charge in [-0.1, -0.05) is 85.5 Å². The van der Waals surface area contributed by atoms with Crippen LogP contribution >= 0.6 is 0 Å². The minimum atomic E-state index is -0.698. The van der Waals surface area contributed by atoms with Crippen molar-refractivity contribution in [2.45, 2.75) is 105 Å². The van der Waals surface area contributed by atoms with E-state index in [1.54, 1.807) is 0 Å². The van der Waals surface area contributed by atoms with E-state index in [0.717, 1.165) is 31.6 Å². The van der Waals surface area contributed by atoms with Crippen LogP contribution in [-0.2, 0) is 9.59 Å². The summed E-state index contributed by atoms with van der Waals surface area (Å²) in [4.78, 5) is 21.4. The Labute approximate surface area is 154 Å². The SMILES string of the molecule is CC(CCCCCC(C)CC(=O)O)CCCCCC(C)(C)CC(=O)O. The first-order chi connectivity index (χ1) is 11.6. The van der Waals surface area contributed by atoms with Crippen LogP contribution in [0.5, 0.6) is 0 Å². The molecule has 0 rings (SSSR count). The molecule has 0 amide bonds. The first-order valence-corrected chi connectivity index (χ1v) is 10.1. The summed E-state index contributed by atoms with van der Waals surface area (Å²) in [6, 6.07) is 0. The van der Waals surface area contributed by atoms with Gasteiger partial charge in [0.05, 0.1) is 6.42 Å². The smallest absolute Gasteiger partial charge is 0.303 e. The fourth-order valence-electron chi connectivity index (χ4n) is 3.48. The second-order valence-electron chi connectivity index (χ2n) is 8.78. The second-order valence-corrected chi connectivity index (χ2v) is 8.78. The number of hydrogen-bond acceptors (Lipinski definition) is 2. The van der Waals surface area contributed by atoms with Crippen molar-refractivity contribution in [2.75, 3.05) is 0 Å². The van der Waals surface area contributed by atoms with E-state index in [-0.39, 0.29) is 11.8 Å². The third kappa shape index (κ3) is 16.2. The zero-order valence-electron chi connectivity index (χ0n) is 16.9. The van der Waals surface area contributed by atoms with Gasteiger partial charge in [-0.2, -0.15) is 0 Å². The molecule has 0 aliphatic heterocycles. The van der Waals surface area contributed by atoms with Crippen molar-refractivity contribution in [3.8, 4) is 0 Å². The predicted molar refractivity (Wildman–Crippen MR) is 103 cm³/mol. The van der Waals surface area contributed by atoms with Gasteiger partial charge in [0.25, 0.3) is 0 Å². The molecule has 0 heterocycles. The number of hydrogen-bond donors (Lipinski definition) is 2. The van der Waals surface area contributed by atoms with Gasteiger partial charge in [0.15, 0.2) is 0 Å². The molecule has 25 heavy (non-hydrogen) atoms. The largest absolute Gasteiger partial charge is 0.481 e. The van der Waals surface area contributed by atoms with Crippen LogP contribution < -0.4 is 0 Å². The van der Waals surface area contributed by atoms with Crippen LogP contribution in [-0.4, -0.2) is 22.2 Å². The number of aliphatic carboxylic acids is 2. The summed E-state index contributed by atoms with van der Waals surface area (Å²) in [6.45, 7) is 8.43. The van der Waals surface area contributed by atoms with Gasteiger partial charge in [-0.05, 0) is 23.7 Å². The lowest BCUT2D eigenvalue weighted by atomic mass is 9.83. The Bertz CT molecular complexity index is 376. The van der Waals surface area contributed by atoms with Crippen LogP contribution in [0.2, 0.25) is 0 Å². The van der Waals surface area contributed by atoms with E-state index >= 15 is 0 Å². The molecule has 0 saturated heterocycles. The molecule has 2 atom stereocenters. The standard InChI is InChI=1S/C21H40O4/c1-17(11-7-5-8-13-18(2)15-19(22)23)12-9-6-10-14-21(3,4)16-20(24)25/h17-18H,5-16H2,1-4H3,(H,22,23)(H,24,25). The van der Waals surface area contributed by atoms with Crippen molar-refractivity contribution in [1.29, 1.82) is 0 Å². The Kier molecular flexibility index (Phi) is 12.6. The van der Waals surface area contributed by atoms with E-state index in [2.05, 4.69) is 6.92 Å². The number of rotatable bonds is 16. The average Bonchev–Trinajstić information content (AvgIpc) is 2.44. The molecule has 148 valence electrons. The summed E-state index contributed by atoms with van der Waals surface area (Å²) in [7, 11) is 0. The average molecular weight is 357 g/mol. The molecule has 0 aromatic heterocycles. The molecule has 0 aromatic rings. The quantitative estimate of drug-likeness (QED) is 0.326. The maximum Gasteiger partial charge on any atom is 0.303 e. The van der Waals surface area contributed by atoms with Crippen molar-refractivity contribution in [3.63, 3.8) is 0 Å². The van der Waals surface area contributed by atoms with E-state index in [9.17, 15) is 9.59 Å². The highest BCUT2D eigenvalue weighted by molar-refractivity contribution is 5.67. The van der Waals surface area contributed by atoms with Crippen LogP contribution in [0.3, 0.4) is 0 Å². The lowest BCUT2D eigenvalue weighted by Crippen LogP contribution is -2.16. The molecular weight excluding hydrogens is 316 g/mol. The summed E-state index contributed by atoms with van der Waals surface area (Å²) in [6.07, 6.45) is 12.2. The van der Waals surface area contributed by atoms with Crippen molar-refractivity contribution in [2.24, 2.45) is 17.3 Å². The molecule has 0 spiro atoms. The van der Waals surface area contributed by atoms with Crippen LogP contribution in [0.25, 0.3) is 0 Å². The van der Waals surface area contributed by atoms with Gasteiger partial charge < -0.3 is 10.2 Å². The molecule has 0 saturated carbocycles. The Morgan fingerprint density at radius 3 is 1.72 bits per heavy atom. The van der Waals surface area contributed by atoms with Crippen molar-refractivity contribution in [3.05, 3.63) is 0 Å². The van der Waals surface area contributed by atoms with E-state index in [1.165, 1.54) is 38.5 Å². The highest BCUT2D eigenvalue weighted by Crippen LogP contribution is 2.28. The maximum absolute atomic E-state index is 10.8. The highest BCUT2D eigenvalue weighted by Gasteiger charge is 2.20. The van der Waals surface area contributed by atoms with Gasteiger partial charge in [-0.25, -0.2) is 0 Å². The molecule has 2 N–H and O–H groups in total. The number of carbonyl (C=O) groups is 2. The molecule has 0 radical (unpaired) electrons. The zero-order valence-corrected chi connectivity index (χ0v) is 16.9. The summed E-state index contributed by atoms with van der Waals surface area (Å²) >= 11 is 0. The Morgan fingerprint density at radius 1 is 0.760 bits per heavy atom. The molecule has 0 aromatic carbocycles. The summed E-state index contributed by atoms with van der Waals surface area (Å²) in [5.74, 6) is -0.341. The van der Waals surface area contributed by atoms with Crippen LogP contribution in [0, 0.1) is 17.3 Å². The van der Waals surface area contributed by atoms with Crippen LogP contribution in [0.1, 0.15) is 105 Å². The van der Waals surface area contributed by atoms with Gasteiger partial charge in [0.2, 0.25) is 0 Å². The van der Waals surface area contributed by atoms with E-state index < -0.39 is 11.9 Å². The molecule has 0 bridgehead atoms. The van der Waals surface area contributed by atoms with E-state index in [4.69, 9.17) is 10.2 Å². The van der Waals surface area contributed by atoms with Gasteiger partial charge in [-0.3, -0.25) is 9.59 Å². The van der Waals surface area contributed by atoms with Crippen LogP contribution in [0.15, 0.2) is 0 Å². The molecule has 0 aliphatic carbocycles. The second kappa shape index (κ2) is 13.2. The summed E-state index contributed by atoms with van der Waals surface area (Å²) < 4.78 is 0. The van der Waals surface area contributed by atoms with Gasteiger partial charge >= 0.3 is 11.9 Å². The van der Waals surface area contributed by atoms with Crippen molar-refractivity contribution >= 4 is 11.9 Å². The first kappa shape index (κ1) is 23.9.